The molecular weight excluding hydrogens is 261 g/mol. The molecule has 106 valence electrons. The van der Waals surface area contributed by atoms with E-state index in [1.54, 1.807) is 0 Å². The van der Waals surface area contributed by atoms with Gasteiger partial charge in [0.25, 0.3) is 0 Å². The van der Waals surface area contributed by atoms with Crippen molar-refractivity contribution in [2.24, 2.45) is 0 Å². The van der Waals surface area contributed by atoms with Crippen LogP contribution >= 0.6 is 0 Å². The van der Waals surface area contributed by atoms with E-state index in [4.69, 9.17) is 0 Å². The van der Waals surface area contributed by atoms with Crippen molar-refractivity contribution in [2.45, 2.75) is 26.2 Å². The standard InChI is InChI=1S/C19H18FN/c1-2-3-11-16-15-12-7-8-13-17(15)21-19(18(16)20)14-9-5-4-6-10-14/h4-10,12-13H,2-3,11H2,1H3. The fourth-order valence-corrected chi connectivity index (χ4v) is 2.64. The first-order chi connectivity index (χ1) is 10.3. The van der Waals surface area contributed by atoms with Gasteiger partial charge in [0, 0.05) is 10.9 Å². The zero-order valence-corrected chi connectivity index (χ0v) is 12.1. The Labute approximate surface area is 124 Å². The third kappa shape index (κ3) is 2.66. The summed E-state index contributed by atoms with van der Waals surface area (Å²) >= 11 is 0. The summed E-state index contributed by atoms with van der Waals surface area (Å²) in [5.41, 5.74) is 2.95. The quantitative estimate of drug-likeness (QED) is 0.624. The Hall–Kier alpha value is -2.22. The minimum Gasteiger partial charge on any atom is -0.245 e. The molecule has 3 rings (SSSR count). The van der Waals surface area contributed by atoms with Gasteiger partial charge in [-0.3, -0.25) is 0 Å². The van der Waals surface area contributed by atoms with Crippen molar-refractivity contribution >= 4 is 10.9 Å². The van der Waals surface area contributed by atoms with Crippen LogP contribution in [0.25, 0.3) is 22.2 Å². The molecule has 0 bridgehead atoms. The summed E-state index contributed by atoms with van der Waals surface area (Å²) in [5, 5.41) is 0.933. The van der Waals surface area contributed by atoms with Gasteiger partial charge < -0.3 is 0 Å². The second kappa shape index (κ2) is 6.04. The zero-order chi connectivity index (χ0) is 14.7. The molecule has 2 heteroatoms. The number of aryl methyl sites for hydroxylation is 1. The van der Waals surface area contributed by atoms with Crippen molar-refractivity contribution in [3.63, 3.8) is 0 Å². The average molecular weight is 279 g/mol. The number of pyridine rings is 1. The van der Waals surface area contributed by atoms with E-state index < -0.39 is 0 Å². The fourth-order valence-electron chi connectivity index (χ4n) is 2.64. The highest BCUT2D eigenvalue weighted by Crippen LogP contribution is 2.29. The van der Waals surface area contributed by atoms with Crippen LogP contribution in [0.1, 0.15) is 25.3 Å². The van der Waals surface area contributed by atoms with E-state index >= 15 is 0 Å². The Bertz CT molecular complexity index is 750. The van der Waals surface area contributed by atoms with Crippen LogP contribution < -0.4 is 0 Å². The maximum atomic E-state index is 14.9. The maximum Gasteiger partial charge on any atom is 0.153 e. The molecule has 0 saturated heterocycles. The van der Waals surface area contributed by atoms with E-state index in [1.165, 1.54) is 0 Å². The molecule has 3 aromatic rings. The maximum absolute atomic E-state index is 14.9. The summed E-state index contributed by atoms with van der Waals surface area (Å²) in [5.74, 6) is -0.173. The first-order valence-electron chi connectivity index (χ1n) is 7.43. The summed E-state index contributed by atoms with van der Waals surface area (Å²) in [6, 6.07) is 17.4. The molecule has 0 aliphatic rings. The van der Waals surface area contributed by atoms with Crippen LogP contribution in [0.15, 0.2) is 54.6 Å². The molecule has 0 unspecified atom stereocenters. The highest BCUT2D eigenvalue weighted by Gasteiger charge is 2.15. The minimum absolute atomic E-state index is 0.173. The van der Waals surface area contributed by atoms with Crippen LogP contribution in [0.2, 0.25) is 0 Å². The van der Waals surface area contributed by atoms with Crippen LogP contribution in [0.3, 0.4) is 0 Å². The second-order valence-electron chi connectivity index (χ2n) is 5.24. The topological polar surface area (TPSA) is 12.9 Å². The van der Waals surface area contributed by atoms with Crippen molar-refractivity contribution in [3.8, 4) is 11.3 Å². The Morgan fingerprint density at radius 2 is 1.67 bits per heavy atom. The Morgan fingerprint density at radius 1 is 0.952 bits per heavy atom. The number of aromatic nitrogens is 1. The Morgan fingerprint density at radius 3 is 2.43 bits per heavy atom. The Kier molecular flexibility index (Phi) is 3.96. The van der Waals surface area contributed by atoms with Gasteiger partial charge in [-0.15, -0.1) is 0 Å². The lowest BCUT2D eigenvalue weighted by Crippen LogP contribution is -1.99. The van der Waals surface area contributed by atoms with Crippen LogP contribution in [0.4, 0.5) is 4.39 Å². The monoisotopic (exact) mass is 279 g/mol. The molecular formula is C19H18FN. The molecule has 0 fully saturated rings. The lowest BCUT2D eigenvalue weighted by molar-refractivity contribution is 0.605. The van der Waals surface area contributed by atoms with Gasteiger partial charge >= 0.3 is 0 Å². The van der Waals surface area contributed by atoms with Crippen LogP contribution in [0, 0.1) is 5.82 Å². The van der Waals surface area contributed by atoms with Crippen LogP contribution in [-0.4, -0.2) is 4.98 Å². The normalized spacial score (nSPS) is 11.0. The minimum atomic E-state index is -0.173. The number of hydrogen-bond acceptors (Lipinski definition) is 1. The summed E-state index contributed by atoms with van der Waals surface area (Å²) in [6.45, 7) is 2.12. The molecule has 0 radical (unpaired) electrons. The smallest absolute Gasteiger partial charge is 0.153 e. The molecule has 1 aromatic heterocycles. The van der Waals surface area contributed by atoms with Gasteiger partial charge in [0.2, 0.25) is 0 Å². The molecule has 0 atom stereocenters. The van der Waals surface area contributed by atoms with Crippen molar-refractivity contribution in [1.82, 2.24) is 4.98 Å². The summed E-state index contributed by atoms with van der Waals surface area (Å²) in [4.78, 5) is 4.54. The second-order valence-corrected chi connectivity index (χ2v) is 5.24. The van der Waals surface area contributed by atoms with E-state index in [1.807, 2.05) is 54.6 Å². The fraction of sp³-hybridized carbons (Fsp3) is 0.211. The molecule has 0 spiro atoms. The van der Waals surface area contributed by atoms with E-state index in [2.05, 4.69) is 11.9 Å². The molecule has 21 heavy (non-hydrogen) atoms. The van der Waals surface area contributed by atoms with Crippen molar-refractivity contribution in [2.75, 3.05) is 0 Å². The number of fused-ring (bicyclic) bond motifs is 1. The number of halogens is 1. The van der Waals surface area contributed by atoms with Crippen LogP contribution in [0.5, 0.6) is 0 Å². The number of unbranched alkanes of at least 4 members (excludes halogenated alkanes) is 1. The van der Waals surface area contributed by atoms with Crippen molar-refractivity contribution in [1.29, 1.82) is 0 Å². The zero-order valence-electron chi connectivity index (χ0n) is 12.1. The van der Waals surface area contributed by atoms with Gasteiger partial charge in [-0.1, -0.05) is 61.9 Å². The Balaban J connectivity index is 2.24. The van der Waals surface area contributed by atoms with Gasteiger partial charge in [0.15, 0.2) is 5.82 Å². The largest absolute Gasteiger partial charge is 0.245 e. The summed E-state index contributed by atoms with van der Waals surface area (Å²) in [7, 11) is 0. The number of nitrogens with zero attached hydrogens (tertiary/aromatic N) is 1. The summed E-state index contributed by atoms with van der Waals surface area (Å²) < 4.78 is 14.9. The van der Waals surface area contributed by atoms with Crippen molar-refractivity contribution < 1.29 is 4.39 Å². The lowest BCUT2D eigenvalue weighted by Gasteiger charge is -2.12. The molecule has 2 aromatic carbocycles. The van der Waals surface area contributed by atoms with Crippen LogP contribution in [-0.2, 0) is 6.42 Å². The van der Waals surface area contributed by atoms with Crippen molar-refractivity contribution in [3.05, 3.63) is 66.0 Å². The van der Waals surface area contributed by atoms with Gasteiger partial charge in [0.1, 0.15) is 5.69 Å². The van der Waals surface area contributed by atoms with E-state index in [9.17, 15) is 4.39 Å². The number of benzene rings is 2. The number of rotatable bonds is 4. The lowest BCUT2D eigenvalue weighted by atomic mass is 9.99. The molecule has 0 N–H and O–H groups in total. The molecule has 1 heterocycles. The number of para-hydroxylation sites is 1. The summed E-state index contributed by atoms with van der Waals surface area (Å²) in [6.07, 6.45) is 2.79. The first-order valence-corrected chi connectivity index (χ1v) is 7.43. The molecule has 0 saturated carbocycles. The van der Waals surface area contributed by atoms with Gasteiger partial charge in [0.05, 0.1) is 5.52 Å². The molecule has 1 nitrogen and oxygen atoms in total. The molecule has 0 aliphatic carbocycles. The third-order valence-electron chi connectivity index (χ3n) is 3.76. The van der Waals surface area contributed by atoms with Gasteiger partial charge in [-0.25, -0.2) is 9.37 Å². The highest BCUT2D eigenvalue weighted by atomic mass is 19.1. The van der Waals surface area contributed by atoms with E-state index in [0.29, 0.717) is 5.69 Å². The van der Waals surface area contributed by atoms with E-state index in [-0.39, 0.29) is 5.82 Å². The number of hydrogen-bond donors (Lipinski definition) is 0. The highest BCUT2D eigenvalue weighted by molar-refractivity contribution is 5.85. The van der Waals surface area contributed by atoms with E-state index in [0.717, 1.165) is 41.3 Å². The molecule has 0 amide bonds. The predicted molar refractivity (Wildman–Crippen MR) is 85.7 cm³/mol. The van der Waals surface area contributed by atoms with Gasteiger partial charge in [-0.2, -0.15) is 0 Å². The third-order valence-corrected chi connectivity index (χ3v) is 3.76. The predicted octanol–water partition coefficient (Wildman–Crippen LogP) is 5.38. The van der Waals surface area contributed by atoms with Gasteiger partial charge in [-0.05, 0) is 24.5 Å². The molecule has 0 aliphatic heterocycles. The average Bonchev–Trinajstić information content (AvgIpc) is 2.54. The SMILES string of the molecule is CCCCc1c(F)c(-c2ccccc2)nc2ccccc12. The first kappa shape index (κ1) is 13.7.